The number of nitrogens with zero attached hydrogens (tertiary/aromatic N) is 3. The predicted octanol–water partition coefficient (Wildman–Crippen LogP) is 4.18. The molecule has 11 heteroatoms. The van der Waals surface area contributed by atoms with Crippen molar-refractivity contribution in [3.63, 3.8) is 0 Å². The number of nitrogens with one attached hydrogen (secondary N) is 2. The molecule has 1 fully saturated rings. The largest absolute Gasteiger partial charge is 0.474 e. The Bertz CT molecular complexity index is 1160. The first kappa shape index (κ1) is 22.3. The number of halogens is 2. The molecule has 0 bridgehead atoms. The summed E-state index contributed by atoms with van der Waals surface area (Å²) in [6.45, 7) is 1.81. The molecule has 0 saturated heterocycles. The van der Waals surface area contributed by atoms with Crippen LogP contribution in [0.3, 0.4) is 0 Å². The van der Waals surface area contributed by atoms with E-state index in [1.54, 1.807) is 6.07 Å². The number of hydrogen-bond acceptors (Lipinski definition) is 8. The Balaban J connectivity index is 1.35. The Labute approximate surface area is 187 Å². The van der Waals surface area contributed by atoms with Gasteiger partial charge in [0.15, 0.2) is 11.6 Å². The van der Waals surface area contributed by atoms with Crippen LogP contribution >= 0.6 is 0 Å². The molecular weight excluding hydrogens is 436 g/mol. The Morgan fingerprint density at radius 1 is 1.12 bits per heavy atom. The lowest BCUT2D eigenvalue weighted by molar-refractivity contribution is -0.112. The monoisotopic (exact) mass is 457 g/mol. The first-order valence-electron chi connectivity index (χ1n) is 10.4. The van der Waals surface area contributed by atoms with Gasteiger partial charge < -0.3 is 24.6 Å². The number of anilines is 3. The Morgan fingerprint density at radius 3 is 2.61 bits per heavy atom. The van der Waals surface area contributed by atoms with Crippen molar-refractivity contribution in [2.24, 2.45) is 5.92 Å². The van der Waals surface area contributed by atoms with Crippen molar-refractivity contribution in [1.29, 1.82) is 0 Å². The number of carbonyl (C=O) groups excluding carboxylic acids is 2. The van der Waals surface area contributed by atoms with Gasteiger partial charge in [-0.1, -0.05) is 5.10 Å². The molecule has 9 nitrogen and oxygen atoms in total. The van der Waals surface area contributed by atoms with Crippen LogP contribution in [0.1, 0.15) is 41.9 Å². The van der Waals surface area contributed by atoms with Crippen molar-refractivity contribution in [3.8, 4) is 5.88 Å². The lowest BCUT2D eigenvalue weighted by atomic mass is 9.88. The van der Waals surface area contributed by atoms with E-state index in [4.69, 9.17) is 9.15 Å². The van der Waals surface area contributed by atoms with Gasteiger partial charge in [-0.05, 0) is 50.8 Å². The molecule has 3 aromatic rings. The van der Waals surface area contributed by atoms with Gasteiger partial charge in [0.05, 0.1) is 11.9 Å². The number of benzene rings is 1. The smallest absolute Gasteiger partial charge is 0.320 e. The molecule has 33 heavy (non-hydrogen) atoms. The van der Waals surface area contributed by atoms with Crippen LogP contribution in [0, 0.1) is 24.5 Å². The molecule has 0 aliphatic heterocycles. The van der Waals surface area contributed by atoms with E-state index in [-0.39, 0.29) is 29.6 Å². The number of aldehydes is 1. The second-order valence-corrected chi connectivity index (χ2v) is 7.76. The first-order chi connectivity index (χ1) is 15.9. The maximum Gasteiger partial charge on any atom is 0.320 e. The fraction of sp³-hybridized carbons (Fsp3) is 0.318. The Hall–Kier alpha value is -3.89. The zero-order valence-electron chi connectivity index (χ0n) is 17.7. The van der Waals surface area contributed by atoms with Crippen LogP contribution in [0.4, 0.5) is 26.2 Å². The number of rotatable bonds is 7. The van der Waals surface area contributed by atoms with Gasteiger partial charge in [0, 0.05) is 23.2 Å². The molecule has 0 atom stereocenters. The number of hydrogen-bond donors (Lipinski definition) is 2. The molecule has 1 aliphatic carbocycles. The summed E-state index contributed by atoms with van der Waals surface area (Å²) < 4.78 is 37.5. The second kappa shape index (κ2) is 9.72. The van der Waals surface area contributed by atoms with Crippen LogP contribution in [-0.2, 0) is 4.79 Å². The summed E-state index contributed by atoms with van der Waals surface area (Å²) in [6, 6.07) is 4.70. The van der Waals surface area contributed by atoms with Crippen LogP contribution in [0.5, 0.6) is 5.88 Å². The third kappa shape index (κ3) is 5.48. The van der Waals surface area contributed by atoms with Crippen molar-refractivity contribution in [1.82, 2.24) is 15.2 Å². The highest BCUT2D eigenvalue weighted by Gasteiger charge is 2.23. The lowest BCUT2D eigenvalue weighted by Gasteiger charge is -2.26. The van der Waals surface area contributed by atoms with Crippen molar-refractivity contribution < 1.29 is 27.5 Å². The highest BCUT2D eigenvalue weighted by atomic mass is 19.2. The van der Waals surface area contributed by atoms with Gasteiger partial charge in [-0.3, -0.25) is 4.79 Å². The van der Waals surface area contributed by atoms with E-state index in [0.717, 1.165) is 49.7 Å². The molecule has 2 N–H and O–H groups in total. The summed E-state index contributed by atoms with van der Waals surface area (Å²) in [7, 11) is 0. The van der Waals surface area contributed by atoms with Crippen LogP contribution in [-0.4, -0.2) is 33.5 Å². The molecule has 1 aromatic carbocycles. The SMILES string of the molecule is Cc1cc(NC(=O)c2nnc(Nc3ccc(F)c(F)c3)o2)cnc1OC1CCC(C=O)CC1. The third-order valence-corrected chi connectivity index (χ3v) is 5.27. The standard InChI is InChI=1S/C22H21F2N5O4/c1-12-8-15(10-25-20(12)32-16-5-2-13(11-30)3-6-16)26-19(31)21-28-29-22(33-21)27-14-4-7-17(23)18(24)9-14/h4,7-11,13,16H,2-3,5-6H2,1H3,(H,26,31)(H,27,29). The molecule has 0 radical (unpaired) electrons. The minimum atomic E-state index is -1.04. The number of ether oxygens (including phenoxy) is 1. The molecule has 1 saturated carbocycles. The number of aromatic nitrogens is 3. The summed E-state index contributed by atoms with van der Waals surface area (Å²) >= 11 is 0. The summed E-state index contributed by atoms with van der Waals surface area (Å²) in [5.74, 6) is -2.45. The van der Waals surface area contributed by atoms with Gasteiger partial charge in [0.1, 0.15) is 12.4 Å². The molecular formula is C22H21F2N5O4. The zero-order valence-corrected chi connectivity index (χ0v) is 17.7. The van der Waals surface area contributed by atoms with E-state index in [2.05, 4.69) is 25.8 Å². The minimum absolute atomic E-state index is 0.00624. The van der Waals surface area contributed by atoms with Gasteiger partial charge in [0.2, 0.25) is 5.88 Å². The molecule has 4 rings (SSSR count). The first-order valence-corrected chi connectivity index (χ1v) is 10.4. The Morgan fingerprint density at radius 2 is 1.91 bits per heavy atom. The van der Waals surface area contributed by atoms with Crippen molar-refractivity contribution in [3.05, 3.63) is 53.6 Å². The van der Waals surface area contributed by atoms with Crippen molar-refractivity contribution in [2.45, 2.75) is 38.7 Å². The van der Waals surface area contributed by atoms with Crippen LogP contribution in [0.25, 0.3) is 0 Å². The van der Waals surface area contributed by atoms with Gasteiger partial charge in [0.25, 0.3) is 0 Å². The van der Waals surface area contributed by atoms with E-state index in [1.165, 1.54) is 12.3 Å². The lowest BCUT2D eigenvalue weighted by Crippen LogP contribution is -2.25. The summed E-state index contributed by atoms with van der Waals surface area (Å²) in [5, 5.41) is 12.5. The minimum Gasteiger partial charge on any atom is -0.474 e. The average Bonchev–Trinajstić information content (AvgIpc) is 3.27. The highest BCUT2D eigenvalue weighted by molar-refractivity contribution is 6.00. The van der Waals surface area contributed by atoms with Crippen LogP contribution in [0.15, 0.2) is 34.9 Å². The van der Waals surface area contributed by atoms with Gasteiger partial charge in [-0.15, -0.1) is 5.10 Å². The molecule has 0 spiro atoms. The number of aryl methyl sites for hydroxylation is 1. The maximum absolute atomic E-state index is 13.3. The van der Waals surface area contributed by atoms with Crippen molar-refractivity contribution in [2.75, 3.05) is 10.6 Å². The second-order valence-electron chi connectivity index (χ2n) is 7.76. The fourth-order valence-corrected chi connectivity index (χ4v) is 3.50. The molecule has 1 aliphatic rings. The van der Waals surface area contributed by atoms with E-state index in [1.807, 2.05) is 6.92 Å². The number of carbonyl (C=O) groups is 2. The fourth-order valence-electron chi connectivity index (χ4n) is 3.50. The molecule has 172 valence electrons. The summed E-state index contributed by atoms with van der Waals surface area (Å²) in [4.78, 5) is 27.6. The molecule has 2 heterocycles. The molecule has 0 unspecified atom stereocenters. The number of amides is 1. The predicted molar refractivity (Wildman–Crippen MR) is 113 cm³/mol. The maximum atomic E-state index is 13.3. The van der Waals surface area contributed by atoms with E-state index >= 15 is 0 Å². The quantitative estimate of drug-likeness (QED) is 0.507. The Kier molecular flexibility index (Phi) is 6.57. The van der Waals surface area contributed by atoms with Crippen molar-refractivity contribution >= 4 is 29.6 Å². The normalized spacial score (nSPS) is 17.9. The van der Waals surface area contributed by atoms with Gasteiger partial charge >= 0.3 is 17.8 Å². The number of pyridine rings is 1. The van der Waals surface area contributed by atoms with Gasteiger partial charge in [-0.25, -0.2) is 13.8 Å². The van der Waals surface area contributed by atoms with E-state index < -0.39 is 17.5 Å². The summed E-state index contributed by atoms with van der Waals surface area (Å²) in [6.07, 6.45) is 5.65. The van der Waals surface area contributed by atoms with E-state index in [0.29, 0.717) is 11.6 Å². The average molecular weight is 457 g/mol. The topological polar surface area (TPSA) is 119 Å². The molecule has 1 amide bonds. The highest BCUT2D eigenvalue weighted by Crippen LogP contribution is 2.28. The van der Waals surface area contributed by atoms with Crippen LogP contribution < -0.4 is 15.4 Å². The molecule has 2 aromatic heterocycles. The summed E-state index contributed by atoms with van der Waals surface area (Å²) in [5.41, 5.74) is 1.32. The van der Waals surface area contributed by atoms with Crippen LogP contribution in [0.2, 0.25) is 0 Å². The zero-order chi connectivity index (χ0) is 23.4. The third-order valence-electron chi connectivity index (χ3n) is 5.27. The van der Waals surface area contributed by atoms with Gasteiger partial charge in [-0.2, -0.15) is 0 Å². The van der Waals surface area contributed by atoms with E-state index in [9.17, 15) is 18.4 Å².